The zero-order valence-corrected chi connectivity index (χ0v) is 35.4. The van der Waals surface area contributed by atoms with E-state index in [4.69, 9.17) is 13.1 Å². The highest BCUT2D eigenvalue weighted by Crippen LogP contribution is 2.46. The van der Waals surface area contributed by atoms with Crippen molar-refractivity contribution in [2.24, 2.45) is 22.2 Å². The van der Waals surface area contributed by atoms with Crippen LogP contribution in [0, 0.1) is 115 Å². The zero-order chi connectivity index (χ0) is 43.6. The van der Waals surface area contributed by atoms with Gasteiger partial charge in [0.15, 0.2) is 0 Å². The minimum Gasteiger partial charge on any atom is -0.377 e. The van der Waals surface area contributed by atoms with Crippen molar-refractivity contribution in [3.8, 4) is 42.5 Å². The Labute approximate surface area is 345 Å². The molecule has 296 valence electrons. The lowest BCUT2D eigenvalue weighted by atomic mass is 9.72. The summed E-state index contributed by atoms with van der Waals surface area (Å²) < 4.78 is 0. The number of nitrogens with zero attached hydrogens (tertiary/aromatic N) is 12. The second-order valence-electron chi connectivity index (χ2n) is 18.0. The van der Waals surface area contributed by atoms with Gasteiger partial charge in [-0.2, -0.15) is 26.3 Å². The highest BCUT2D eigenvalue weighted by molar-refractivity contribution is 5.58. The molecule has 0 heterocycles. The molecule has 0 radical (unpaired) electrons. The molecule has 0 N–H and O–H groups in total. The van der Waals surface area contributed by atoms with Crippen LogP contribution in [0.3, 0.4) is 0 Å². The summed E-state index contributed by atoms with van der Waals surface area (Å²) in [6, 6.07) is 14.9. The van der Waals surface area contributed by atoms with Crippen molar-refractivity contribution in [2.75, 3.05) is 40.8 Å². The van der Waals surface area contributed by atoms with E-state index in [-0.39, 0.29) is 39.1 Å². The molecule has 0 bridgehead atoms. The summed E-state index contributed by atoms with van der Waals surface area (Å²) in [6.07, 6.45) is 5.35. The normalized spacial score (nSPS) is 19.7. The van der Waals surface area contributed by atoms with Crippen molar-refractivity contribution in [3.05, 3.63) is 90.3 Å². The van der Waals surface area contributed by atoms with Gasteiger partial charge in [-0.05, 0) is 91.1 Å². The van der Waals surface area contributed by atoms with E-state index in [1.165, 1.54) is 0 Å². The van der Waals surface area contributed by atoms with Crippen molar-refractivity contribution in [3.63, 3.8) is 0 Å². The summed E-state index contributed by atoms with van der Waals surface area (Å²) in [5.74, 6) is 0.116. The predicted octanol–water partition coefficient (Wildman–Crippen LogP) is 9.10. The van der Waals surface area contributed by atoms with Gasteiger partial charge >= 0.3 is 0 Å². The van der Waals surface area contributed by atoms with Gasteiger partial charge in [-0.1, -0.05) is 41.5 Å². The van der Waals surface area contributed by atoms with Crippen molar-refractivity contribution in [1.29, 1.82) is 36.8 Å². The molecular formula is C46H52N12. The summed E-state index contributed by atoms with van der Waals surface area (Å²) >= 11 is 0. The van der Waals surface area contributed by atoms with Crippen molar-refractivity contribution in [2.45, 2.75) is 99.3 Å². The first-order valence-electron chi connectivity index (χ1n) is 19.4. The Bertz CT molecular complexity index is 1970. The third-order valence-corrected chi connectivity index (χ3v) is 11.5. The molecule has 0 aliphatic heterocycles. The van der Waals surface area contributed by atoms with E-state index in [1.54, 1.807) is 0 Å². The molecule has 3 aliphatic carbocycles. The third kappa shape index (κ3) is 10.5. The maximum atomic E-state index is 10.3. The molecule has 0 atom stereocenters. The molecule has 0 amide bonds. The van der Waals surface area contributed by atoms with Crippen LogP contribution in [0.25, 0.3) is 9.69 Å². The fraction of sp³-hybridized carbons (Fsp3) is 0.543. The van der Waals surface area contributed by atoms with Gasteiger partial charge in [0, 0.05) is 63.4 Å². The van der Waals surface area contributed by atoms with E-state index in [0.29, 0.717) is 91.6 Å². The molecule has 12 heteroatoms. The van der Waals surface area contributed by atoms with E-state index in [1.807, 2.05) is 45.4 Å². The molecule has 58 heavy (non-hydrogen) atoms. The minimum atomic E-state index is -0.277. The Morgan fingerprint density at radius 1 is 0.517 bits per heavy atom. The standard InChI is InChI=1S/C46H52N12/c1-44(2)18-33(32(24-47)25-48)36(26-49)41(21-44)56(9)15-12-31(13-16-57(10)42-22-45(3,4)19-34(37(42)27-50)39(29-52)54-7)14-17-58(11)43-23-46(5,6)20-35(38(43)28-51)40(30-53)55-8/h31H,12-23H2,1-6,9-11H3/b39-34+,40-35+. The molecule has 12 nitrogen and oxygen atoms in total. The largest absolute Gasteiger partial charge is 0.377 e. The molecule has 0 aromatic carbocycles. The first-order valence-corrected chi connectivity index (χ1v) is 19.4. The highest BCUT2D eigenvalue weighted by Gasteiger charge is 2.37. The van der Waals surface area contributed by atoms with E-state index >= 15 is 0 Å². The van der Waals surface area contributed by atoms with Crippen LogP contribution in [0.4, 0.5) is 0 Å². The first-order chi connectivity index (χ1) is 27.3. The van der Waals surface area contributed by atoms with Crippen LogP contribution in [0.2, 0.25) is 0 Å². The van der Waals surface area contributed by atoms with Crippen LogP contribution in [0.15, 0.2) is 67.5 Å². The Hall–Kier alpha value is -6.75. The van der Waals surface area contributed by atoms with Gasteiger partial charge in [0.1, 0.15) is 23.8 Å². The molecule has 0 saturated carbocycles. The number of hydrogen-bond donors (Lipinski definition) is 0. The molecule has 3 aliphatic rings. The lowest BCUT2D eigenvalue weighted by Gasteiger charge is -2.39. The SMILES string of the molecule is [C-]#[N+]/C(C#N)=C1\CC(C)(C)CC(N(C)CCC(CCN(C)C2=C(C#N)C(=C(C#N)C#N)CC(C)(C)C2)CCN(C)C2=C(C#N)/C(=C(\C#N)[N+]#[C-])CC(C)(C)C2)=C1C#N. The lowest BCUT2D eigenvalue weighted by Crippen LogP contribution is -2.33. The van der Waals surface area contributed by atoms with E-state index in [9.17, 15) is 36.8 Å². The second kappa shape index (κ2) is 18.9. The maximum absolute atomic E-state index is 10.3. The Morgan fingerprint density at radius 2 is 0.810 bits per heavy atom. The monoisotopic (exact) mass is 772 g/mol. The average molecular weight is 773 g/mol. The van der Waals surface area contributed by atoms with Crippen LogP contribution in [-0.4, -0.2) is 55.5 Å². The lowest BCUT2D eigenvalue weighted by molar-refractivity contribution is 0.234. The number of allylic oxidation sites excluding steroid dienone is 12. The number of nitriles is 7. The van der Waals surface area contributed by atoms with Gasteiger partial charge in [-0.25, -0.2) is 20.2 Å². The Morgan fingerprint density at radius 3 is 1.07 bits per heavy atom. The van der Waals surface area contributed by atoms with Gasteiger partial charge < -0.3 is 14.7 Å². The number of hydrogen-bond acceptors (Lipinski definition) is 10. The molecule has 0 aromatic heterocycles. The molecule has 0 saturated heterocycles. The Balaban J connectivity index is 2.04. The first kappa shape index (κ1) is 45.6. The topological polar surface area (TPSA) is 185 Å². The molecule has 0 spiro atoms. The van der Waals surface area contributed by atoms with Crippen molar-refractivity contribution in [1.82, 2.24) is 14.7 Å². The molecule has 3 rings (SSSR count). The third-order valence-electron chi connectivity index (χ3n) is 11.5. The van der Waals surface area contributed by atoms with E-state index < -0.39 is 0 Å². The summed E-state index contributed by atoms with van der Waals surface area (Å²) in [7, 11) is 5.83. The summed E-state index contributed by atoms with van der Waals surface area (Å²) in [4.78, 5) is 13.1. The van der Waals surface area contributed by atoms with Crippen LogP contribution >= 0.6 is 0 Å². The van der Waals surface area contributed by atoms with Gasteiger partial charge in [-0.3, -0.25) is 0 Å². The van der Waals surface area contributed by atoms with Gasteiger partial charge in [0.05, 0.1) is 54.1 Å². The average Bonchev–Trinajstić information content (AvgIpc) is 3.17. The molecule has 0 aromatic rings. The smallest absolute Gasteiger partial charge is 0.266 e. The van der Waals surface area contributed by atoms with E-state index in [0.717, 1.165) is 36.4 Å². The van der Waals surface area contributed by atoms with Crippen molar-refractivity contribution >= 4 is 0 Å². The summed E-state index contributed by atoms with van der Waals surface area (Å²) in [5, 5.41) is 69.9. The highest BCUT2D eigenvalue weighted by atomic mass is 15.1. The van der Waals surface area contributed by atoms with E-state index in [2.05, 4.69) is 84.1 Å². The fourth-order valence-electron chi connectivity index (χ4n) is 8.47. The van der Waals surface area contributed by atoms with Gasteiger partial charge in [0.25, 0.3) is 11.4 Å². The Kier molecular flexibility index (Phi) is 14.9. The maximum Gasteiger partial charge on any atom is 0.266 e. The van der Waals surface area contributed by atoms with Crippen LogP contribution in [0.5, 0.6) is 0 Å². The number of rotatable bonds is 12. The predicted molar refractivity (Wildman–Crippen MR) is 219 cm³/mol. The minimum absolute atomic E-state index is 0.0411. The molecule has 0 unspecified atom stereocenters. The van der Waals surface area contributed by atoms with Crippen LogP contribution < -0.4 is 0 Å². The molecule has 0 fully saturated rings. The summed E-state index contributed by atoms with van der Waals surface area (Å²) in [5.41, 5.74) is 4.04. The van der Waals surface area contributed by atoms with Crippen LogP contribution in [0.1, 0.15) is 99.3 Å². The fourth-order valence-corrected chi connectivity index (χ4v) is 8.47. The van der Waals surface area contributed by atoms with Gasteiger partial charge in [-0.15, -0.1) is 0 Å². The summed E-state index contributed by atoms with van der Waals surface area (Å²) in [6.45, 7) is 29.4. The second-order valence-corrected chi connectivity index (χ2v) is 18.0. The molecular weight excluding hydrogens is 721 g/mol. The van der Waals surface area contributed by atoms with Crippen molar-refractivity contribution < 1.29 is 0 Å². The quantitative estimate of drug-likeness (QED) is 0.137. The van der Waals surface area contributed by atoms with Crippen LogP contribution in [-0.2, 0) is 0 Å². The zero-order valence-electron chi connectivity index (χ0n) is 35.4. The van der Waals surface area contributed by atoms with Gasteiger partial charge in [0.2, 0.25) is 0 Å².